The number of alkyl halides is 3. The predicted molar refractivity (Wildman–Crippen MR) is 118 cm³/mol. The Labute approximate surface area is 190 Å². The van der Waals surface area contributed by atoms with Gasteiger partial charge >= 0.3 is 12.2 Å². The molecule has 2 aliphatic rings. The van der Waals surface area contributed by atoms with Crippen LogP contribution < -0.4 is 10.2 Å². The number of amides is 2. The highest BCUT2D eigenvalue weighted by molar-refractivity contribution is 5.96. The Morgan fingerprint density at radius 3 is 2.27 bits per heavy atom. The van der Waals surface area contributed by atoms with Crippen LogP contribution in [0.2, 0.25) is 0 Å². The van der Waals surface area contributed by atoms with Crippen LogP contribution in [0.4, 0.5) is 28.0 Å². The third-order valence-electron chi connectivity index (χ3n) is 7.21. The maximum absolute atomic E-state index is 14.2. The molecule has 1 saturated heterocycles. The number of halogens is 4. The van der Waals surface area contributed by atoms with Crippen molar-refractivity contribution in [1.29, 1.82) is 0 Å². The molecule has 5 nitrogen and oxygen atoms in total. The molecule has 1 spiro atoms. The molecule has 1 aliphatic heterocycles. The number of hydrogen-bond acceptors (Lipinski definition) is 3. The molecule has 0 atom stereocenters. The fourth-order valence-corrected chi connectivity index (χ4v) is 5.31. The van der Waals surface area contributed by atoms with Gasteiger partial charge in [0, 0.05) is 5.54 Å². The summed E-state index contributed by atoms with van der Waals surface area (Å²) in [6, 6.07) is 5.74. The Kier molecular flexibility index (Phi) is 5.67. The number of hydrogen-bond donors (Lipinski definition) is 1. The molecule has 2 heterocycles. The summed E-state index contributed by atoms with van der Waals surface area (Å²) in [5.41, 5.74) is 0.675. The van der Waals surface area contributed by atoms with E-state index >= 15 is 0 Å². The van der Waals surface area contributed by atoms with Crippen molar-refractivity contribution in [3.63, 3.8) is 0 Å². The van der Waals surface area contributed by atoms with Gasteiger partial charge in [-0.05, 0) is 88.5 Å². The van der Waals surface area contributed by atoms with Crippen molar-refractivity contribution < 1.29 is 22.4 Å². The second kappa shape index (κ2) is 7.97. The second-order valence-corrected chi connectivity index (χ2v) is 9.59. The van der Waals surface area contributed by atoms with E-state index in [1.165, 1.54) is 11.0 Å². The van der Waals surface area contributed by atoms with Gasteiger partial charge in [-0.2, -0.15) is 13.2 Å². The fraction of sp³-hybridized carbons (Fsp3) is 0.500. The Morgan fingerprint density at radius 2 is 1.73 bits per heavy atom. The van der Waals surface area contributed by atoms with E-state index in [2.05, 4.69) is 15.2 Å². The van der Waals surface area contributed by atoms with Crippen LogP contribution in [0.3, 0.4) is 0 Å². The first kappa shape index (κ1) is 23.5. The first-order valence-electron chi connectivity index (χ1n) is 10.9. The van der Waals surface area contributed by atoms with E-state index in [1.54, 1.807) is 13.0 Å². The largest absolute Gasteiger partial charge is 0.433 e. The quantitative estimate of drug-likeness (QED) is 0.639. The number of benzene rings is 1. The van der Waals surface area contributed by atoms with Crippen LogP contribution in [-0.2, 0) is 11.7 Å². The van der Waals surface area contributed by atoms with Gasteiger partial charge in [-0.1, -0.05) is 6.07 Å². The molecule has 2 amide bonds. The lowest BCUT2D eigenvalue weighted by Crippen LogP contribution is -2.54. The molecule has 1 N–H and O–H groups in total. The molecule has 178 valence electrons. The summed E-state index contributed by atoms with van der Waals surface area (Å²) in [5, 5.41) is 3.09. The fourth-order valence-electron chi connectivity index (χ4n) is 5.31. The number of pyridine rings is 1. The van der Waals surface area contributed by atoms with Gasteiger partial charge in [-0.3, -0.25) is 9.80 Å². The number of carbonyl (C=O) groups excluding carboxylic acids is 1. The second-order valence-electron chi connectivity index (χ2n) is 9.59. The third-order valence-corrected chi connectivity index (χ3v) is 7.21. The van der Waals surface area contributed by atoms with Gasteiger partial charge in [0.05, 0.1) is 24.0 Å². The molecule has 0 bridgehead atoms. The summed E-state index contributed by atoms with van der Waals surface area (Å²) >= 11 is 0. The van der Waals surface area contributed by atoms with Gasteiger partial charge in [-0.15, -0.1) is 0 Å². The molecule has 0 radical (unpaired) electrons. The number of nitrogens with zero attached hydrogens (tertiary/aromatic N) is 3. The van der Waals surface area contributed by atoms with Crippen LogP contribution in [0.1, 0.15) is 48.1 Å². The first-order valence-corrected chi connectivity index (χ1v) is 10.9. The van der Waals surface area contributed by atoms with E-state index in [4.69, 9.17) is 0 Å². The van der Waals surface area contributed by atoms with E-state index in [1.807, 2.05) is 27.1 Å². The summed E-state index contributed by atoms with van der Waals surface area (Å²) in [7, 11) is 3.96. The van der Waals surface area contributed by atoms with Crippen molar-refractivity contribution in [1.82, 2.24) is 15.2 Å². The SMILES string of the molecule is Cc1cc(F)cc([C@]2(N(C)C)CC[C@]3(CC2)CN(c2cnc(C(F)(F)F)cc2C)C(=O)N3)c1. The molecule has 0 unspecified atom stereocenters. The zero-order valence-corrected chi connectivity index (χ0v) is 19.2. The summed E-state index contributed by atoms with van der Waals surface area (Å²) in [5.74, 6) is -0.267. The Hall–Kier alpha value is -2.68. The van der Waals surface area contributed by atoms with Crippen LogP contribution in [-0.4, -0.2) is 42.1 Å². The van der Waals surface area contributed by atoms with E-state index in [0.29, 0.717) is 43.5 Å². The zero-order valence-electron chi connectivity index (χ0n) is 19.2. The molecule has 1 aromatic carbocycles. The highest BCUT2D eigenvalue weighted by Gasteiger charge is 2.50. The standard InChI is InChI=1S/C24H28F4N4O/c1-15-9-17(12-18(25)10-15)23(31(3)4)7-5-22(6-8-23)14-32(21(33)30-22)19-13-29-20(11-16(19)2)24(26,27)28/h9-13H,5-8,14H2,1-4H3,(H,30,33)/t22-,23-. The van der Waals surface area contributed by atoms with Crippen LogP contribution in [0.15, 0.2) is 30.5 Å². The molecule has 2 aromatic rings. The molecule has 1 aromatic heterocycles. The van der Waals surface area contributed by atoms with Gasteiger partial charge in [0.15, 0.2) is 0 Å². The number of carbonyl (C=O) groups is 1. The van der Waals surface area contributed by atoms with E-state index in [9.17, 15) is 22.4 Å². The Bertz CT molecular complexity index is 1050. The maximum atomic E-state index is 14.2. The minimum atomic E-state index is -4.54. The van der Waals surface area contributed by atoms with Gasteiger partial charge in [0.25, 0.3) is 0 Å². The first-order chi connectivity index (χ1) is 15.4. The predicted octanol–water partition coefficient (Wildman–Crippen LogP) is 5.16. The average Bonchev–Trinajstić information content (AvgIpc) is 3.02. The van der Waals surface area contributed by atoms with Gasteiger partial charge in [0.1, 0.15) is 11.5 Å². The van der Waals surface area contributed by atoms with Crippen LogP contribution >= 0.6 is 0 Å². The van der Waals surface area contributed by atoms with Crippen LogP contribution in [0, 0.1) is 19.7 Å². The third kappa shape index (κ3) is 4.18. The summed E-state index contributed by atoms with van der Waals surface area (Å²) in [6.45, 7) is 3.77. The number of aryl methyl sites for hydroxylation is 2. The Morgan fingerprint density at radius 1 is 1.06 bits per heavy atom. The normalized spacial score (nSPS) is 25.7. The molecule has 1 saturated carbocycles. The number of aromatic nitrogens is 1. The number of urea groups is 1. The van der Waals surface area contributed by atoms with Crippen molar-refractivity contribution >= 4 is 11.7 Å². The summed E-state index contributed by atoms with van der Waals surface area (Å²) < 4.78 is 53.1. The molecule has 2 fully saturated rings. The van der Waals surface area contributed by atoms with Gasteiger partial charge in [0.2, 0.25) is 0 Å². The molecular formula is C24H28F4N4O. The highest BCUT2D eigenvalue weighted by Crippen LogP contribution is 2.47. The minimum absolute atomic E-state index is 0.267. The highest BCUT2D eigenvalue weighted by atomic mass is 19.4. The van der Waals surface area contributed by atoms with Crippen LogP contribution in [0.25, 0.3) is 0 Å². The number of anilines is 1. The number of nitrogens with one attached hydrogen (secondary N) is 1. The van der Waals surface area contributed by atoms with Crippen molar-refractivity contribution in [3.05, 3.63) is 58.7 Å². The molecule has 4 rings (SSSR count). The van der Waals surface area contributed by atoms with Crippen molar-refractivity contribution in [2.75, 3.05) is 25.5 Å². The van der Waals surface area contributed by atoms with Crippen molar-refractivity contribution in [2.24, 2.45) is 0 Å². The summed E-state index contributed by atoms with van der Waals surface area (Å²) in [4.78, 5) is 20.0. The molecule has 9 heteroatoms. The average molecular weight is 465 g/mol. The Balaban J connectivity index is 1.57. The topological polar surface area (TPSA) is 48.5 Å². The van der Waals surface area contributed by atoms with E-state index in [-0.39, 0.29) is 17.4 Å². The lowest BCUT2D eigenvalue weighted by molar-refractivity contribution is -0.141. The van der Waals surface area contributed by atoms with E-state index in [0.717, 1.165) is 23.4 Å². The molecular weight excluding hydrogens is 436 g/mol. The maximum Gasteiger partial charge on any atom is 0.433 e. The van der Waals surface area contributed by atoms with Crippen LogP contribution in [0.5, 0.6) is 0 Å². The van der Waals surface area contributed by atoms with Gasteiger partial charge < -0.3 is 5.32 Å². The minimum Gasteiger partial charge on any atom is -0.330 e. The van der Waals surface area contributed by atoms with E-state index < -0.39 is 17.4 Å². The smallest absolute Gasteiger partial charge is 0.330 e. The molecule has 1 aliphatic carbocycles. The van der Waals surface area contributed by atoms with Crippen molar-refractivity contribution in [2.45, 2.75) is 56.8 Å². The lowest BCUT2D eigenvalue weighted by Gasteiger charge is -2.48. The number of rotatable bonds is 3. The lowest BCUT2D eigenvalue weighted by atomic mass is 9.68. The van der Waals surface area contributed by atoms with Gasteiger partial charge in [-0.25, -0.2) is 14.2 Å². The summed E-state index contributed by atoms with van der Waals surface area (Å²) in [6.07, 6.45) is -0.667. The molecule has 33 heavy (non-hydrogen) atoms. The zero-order chi connectivity index (χ0) is 24.2. The monoisotopic (exact) mass is 464 g/mol. The van der Waals surface area contributed by atoms with Crippen molar-refractivity contribution in [3.8, 4) is 0 Å².